The van der Waals surface area contributed by atoms with Crippen LogP contribution in [0.3, 0.4) is 0 Å². The van der Waals surface area contributed by atoms with Crippen molar-refractivity contribution in [2.24, 2.45) is 0 Å². The average molecular weight is 622 g/mol. The van der Waals surface area contributed by atoms with Gasteiger partial charge < -0.3 is 0 Å². The van der Waals surface area contributed by atoms with Gasteiger partial charge in [0.1, 0.15) is 0 Å². The summed E-state index contributed by atoms with van der Waals surface area (Å²) in [4.78, 5) is -1.76. The summed E-state index contributed by atoms with van der Waals surface area (Å²) in [5.74, 6) is 0. The van der Waals surface area contributed by atoms with Crippen molar-refractivity contribution in [1.82, 2.24) is 5.32 Å². The molecule has 0 fully saturated rings. The first-order chi connectivity index (χ1) is 21.8. The molecular formula is C42H39NS2. The first kappa shape index (κ1) is 31.0. The lowest BCUT2D eigenvalue weighted by molar-refractivity contribution is 0.274. The van der Waals surface area contributed by atoms with E-state index in [4.69, 9.17) is 25.3 Å². The molecule has 0 radical (unpaired) electrons. The highest BCUT2D eigenvalue weighted by atomic mass is 32.1. The van der Waals surface area contributed by atoms with Crippen LogP contribution in [0.4, 0.5) is 0 Å². The van der Waals surface area contributed by atoms with Crippen LogP contribution in [0.15, 0.2) is 182 Å². The smallest absolute Gasteiger partial charge is 0.0778 e. The maximum Gasteiger partial charge on any atom is 0.0778 e. The summed E-state index contributed by atoms with van der Waals surface area (Å²) < 4.78 is 0. The van der Waals surface area contributed by atoms with Gasteiger partial charge in [0.05, 0.1) is 20.6 Å². The van der Waals surface area contributed by atoms with Crippen molar-refractivity contribution in [3.63, 3.8) is 0 Å². The number of thiol groups is 2. The Labute approximate surface area is 279 Å². The van der Waals surface area contributed by atoms with E-state index in [1.807, 2.05) is 0 Å². The van der Waals surface area contributed by atoms with Gasteiger partial charge in [0.25, 0.3) is 0 Å². The fraction of sp³-hybridized carbons (Fsp3) is 0.143. The average Bonchev–Trinajstić information content (AvgIpc) is 3.08. The minimum absolute atomic E-state index is 0.709. The topological polar surface area (TPSA) is 12.0 Å². The third kappa shape index (κ3) is 5.33. The molecule has 0 bridgehead atoms. The van der Waals surface area contributed by atoms with Crippen molar-refractivity contribution in [2.45, 2.75) is 34.4 Å². The van der Waals surface area contributed by atoms with Crippen LogP contribution in [0.5, 0.6) is 0 Å². The molecule has 0 saturated heterocycles. The Morgan fingerprint density at radius 2 is 0.467 bits per heavy atom. The summed E-state index contributed by atoms with van der Waals surface area (Å²) in [5.41, 5.74) is 5.42. The van der Waals surface area contributed by atoms with Crippen molar-refractivity contribution < 1.29 is 0 Å². The van der Waals surface area contributed by atoms with Crippen LogP contribution in [0.1, 0.15) is 47.2 Å². The zero-order valence-electron chi connectivity index (χ0n) is 25.7. The molecule has 2 unspecified atom stereocenters. The number of hydrogen-bond acceptors (Lipinski definition) is 3. The predicted molar refractivity (Wildman–Crippen MR) is 196 cm³/mol. The van der Waals surface area contributed by atoms with E-state index in [1.54, 1.807) is 0 Å². The maximum atomic E-state index is 5.70. The molecule has 2 atom stereocenters. The van der Waals surface area contributed by atoms with E-state index in [0.717, 1.165) is 33.4 Å². The summed E-state index contributed by atoms with van der Waals surface area (Å²) in [5, 5.41) is 4.13. The van der Waals surface area contributed by atoms with Crippen LogP contribution in [0.2, 0.25) is 0 Å². The molecule has 1 N–H and O–H groups in total. The van der Waals surface area contributed by atoms with Gasteiger partial charge in [-0.1, -0.05) is 182 Å². The van der Waals surface area contributed by atoms with Gasteiger partial charge in [-0.05, 0) is 47.2 Å². The van der Waals surface area contributed by atoms with Crippen molar-refractivity contribution in [2.75, 3.05) is 0 Å². The monoisotopic (exact) mass is 621 g/mol. The van der Waals surface area contributed by atoms with Gasteiger partial charge in [-0.15, -0.1) is 0 Å². The van der Waals surface area contributed by atoms with Gasteiger partial charge in [-0.25, -0.2) is 0 Å². The SMILES string of the molecule is CC(S)(NC(C)(S)C(c1ccccc1)(c1ccccc1)c1ccccc1)C(c1ccccc1)(c1ccccc1)c1ccccc1. The van der Waals surface area contributed by atoms with Crippen molar-refractivity contribution in [1.29, 1.82) is 0 Å². The molecule has 0 aliphatic carbocycles. The molecule has 0 saturated carbocycles. The standard InChI is InChI=1S/C42H39NS2/c1-39(44,41(33-21-9-3-10-22-33,34-23-11-4-12-24-34)35-25-13-5-14-26-35)43-40(2,45)42(36-27-15-6-16-28-36,37-29-17-7-18-30-37)38-31-19-8-20-32-38/h3-32,43-45H,1-2H3. The highest BCUT2D eigenvalue weighted by Gasteiger charge is 2.57. The Kier molecular flexibility index (Phi) is 8.79. The van der Waals surface area contributed by atoms with Crippen molar-refractivity contribution in [3.8, 4) is 0 Å². The number of benzene rings is 6. The molecule has 0 heterocycles. The van der Waals surface area contributed by atoms with Crippen LogP contribution < -0.4 is 5.32 Å². The van der Waals surface area contributed by atoms with E-state index in [1.165, 1.54) is 0 Å². The minimum atomic E-state index is -0.878. The van der Waals surface area contributed by atoms with E-state index in [-0.39, 0.29) is 0 Å². The highest BCUT2D eigenvalue weighted by Crippen LogP contribution is 2.54. The third-order valence-corrected chi connectivity index (χ3v) is 10.1. The second-order valence-electron chi connectivity index (χ2n) is 12.0. The number of hydrogen-bond donors (Lipinski definition) is 3. The zero-order chi connectivity index (χ0) is 31.4. The number of nitrogens with one attached hydrogen (secondary N) is 1. The molecule has 3 heteroatoms. The normalized spacial score (nSPS) is 14.7. The van der Waals surface area contributed by atoms with Crippen LogP contribution in [0, 0.1) is 0 Å². The van der Waals surface area contributed by atoms with Crippen LogP contribution in [-0.2, 0) is 10.8 Å². The fourth-order valence-electron chi connectivity index (χ4n) is 7.48. The zero-order valence-corrected chi connectivity index (χ0v) is 27.5. The van der Waals surface area contributed by atoms with E-state index >= 15 is 0 Å². The summed E-state index contributed by atoms with van der Waals surface area (Å²) in [6, 6.07) is 64.3. The van der Waals surface area contributed by atoms with Gasteiger partial charge in [0.15, 0.2) is 0 Å². The van der Waals surface area contributed by atoms with Gasteiger partial charge in [0, 0.05) is 0 Å². The van der Waals surface area contributed by atoms with Crippen LogP contribution >= 0.6 is 25.3 Å². The molecule has 0 spiro atoms. The fourth-order valence-corrected chi connectivity index (χ4v) is 8.79. The molecule has 0 aliphatic rings. The molecule has 45 heavy (non-hydrogen) atoms. The van der Waals surface area contributed by atoms with Crippen molar-refractivity contribution in [3.05, 3.63) is 215 Å². The Morgan fingerprint density at radius 3 is 0.622 bits per heavy atom. The molecule has 1 nitrogen and oxygen atoms in total. The first-order valence-corrected chi connectivity index (χ1v) is 16.3. The Balaban J connectivity index is 1.66. The first-order valence-electron chi connectivity index (χ1n) is 15.4. The van der Waals surface area contributed by atoms with Crippen LogP contribution in [-0.4, -0.2) is 9.74 Å². The van der Waals surface area contributed by atoms with E-state index in [0.29, 0.717) is 0 Å². The molecule has 0 aromatic heterocycles. The van der Waals surface area contributed by atoms with Gasteiger partial charge in [-0.3, -0.25) is 5.32 Å². The Morgan fingerprint density at radius 1 is 0.311 bits per heavy atom. The highest BCUT2D eigenvalue weighted by molar-refractivity contribution is 7.82. The molecule has 224 valence electrons. The molecule has 6 aromatic rings. The summed E-state index contributed by atoms with van der Waals surface area (Å²) in [7, 11) is 0. The Hall–Kier alpha value is -4.02. The molecular weight excluding hydrogens is 583 g/mol. The van der Waals surface area contributed by atoms with E-state index < -0.39 is 20.6 Å². The quantitative estimate of drug-likeness (QED) is 0.0786. The summed E-state index contributed by atoms with van der Waals surface area (Å²) in [6.45, 7) is 4.40. The maximum absolute atomic E-state index is 5.70. The lowest BCUT2D eigenvalue weighted by atomic mass is 9.62. The summed E-state index contributed by atoms with van der Waals surface area (Å²) >= 11 is 11.4. The lowest BCUT2D eigenvalue weighted by Crippen LogP contribution is -2.67. The second-order valence-corrected chi connectivity index (χ2v) is 13.8. The lowest BCUT2D eigenvalue weighted by Gasteiger charge is -2.56. The van der Waals surface area contributed by atoms with Gasteiger partial charge in [0.2, 0.25) is 0 Å². The summed E-state index contributed by atoms with van der Waals surface area (Å²) in [6.07, 6.45) is 0. The van der Waals surface area contributed by atoms with Crippen molar-refractivity contribution >= 4 is 25.3 Å². The third-order valence-electron chi connectivity index (χ3n) is 9.19. The van der Waals surface area contributed by atoms with Gasteiger partial charge in [-0.2, -0.15) is 25.3 Å². The van der Waals surface area contributed by atoms with Crippen LogP contribution in [0.25, 0.3) is 0 Å². The largest absolute Gasteiger partial charge is 0.287 e. The second kappa shape index (κ2) is 12.8. The van der Waals surface area contributed by atoms with Gasteiger partial charge >= 0.3 is 0 Å². The molecule has 0 amide bonds. The minimum Gasteiger partial charge on any atom is -0.287 e. The van der Waals surface area contributed by atoms with E-state index in [9.17, 15) is 0 Å². The number of rotatable bonds is 10. The predicted octanol–water partition coefficient (Wildman–Crippen LogP) is 9.94. The molecule has 6 rings (SSSR count). The Bertz CT molecular complexity index is 1460. The molecule has 6 aromatic carbocycles. The van der Waals surface area contributed by atoms with E-state index in [2.05, 4.69) is 201 Å². The molecule has 0 aliphatic heterocycles.